The second-order valence-corrected chi connectivity index (χ2v) is 2.45. The number of benzene rings is 1. The largest absolute Gasteiger partial charge is 0.494 e. The molecule has 1 rings (SSSR count). The van der Waals surface area contributed by atoms with Gasteiger partial charge < -0.3 is 15.8 Å². The first-order valence-corrected chi connectivity index (χ1v) is 4.01. The molecule has 0 bridgehead atoms. The van der Waals surface area contributed by atoms with Gasteiger partial charge in [-0.2, -0.15) is 0 Å². The predicted molar refractivity (Wildman–Crippen MR) is 50.8 cm³/mol. The number of ether oxygens (including phenoxy) is 1. The van der Waals surface area contributed by atoms with Crippen molar-refractivity contribution in [2.45, 2.75) is 6.92 Å². The fourth-order valence-electron chi connectivity index (χ4n) is 0.973. The monoisotopic (exact) mass is 180 g/mol. The van der Waals surface area contributed by atoms with E-state index in [2.05, 4.69) is 5.32 Å². The molecule has 0 aliphatic carbocycles. The average Bonchev–Trinajstić information content (AvgIpc) is 2.04. The molecule has 2 amide bonds. The van der Waals surface area contributed by atoms with Crippen LogP contribution >= 0.6 is 0 Å². The molecular formula is C9H12N2O2. The van der Waals surface area contributed by atoms with Crippen LogP contribution in [0.1, 0.15) is 6.92 Å². The van der Waals surface area contributed by atoms with Gasteiger partial charge in [-0.05, 0) is 19.1 Å². The number of carbonyl (C=O) groups excluding carboxylic acids is 1. The van der Waals surface area contributed by atoms with Crippen LogP contribution in [0.3, 0.4) is 0 Å². The summed E-state index contributed by atoms with van der Waals surface area (Å²) in [5, 5.41) is 2.46. The van der Waals surface area contributed by atoms with Crippen LogP contribution in [-0.2, 0) is 0 Å². The van der Waals surface area contributed by atoms with Gasteiger partial charge in [0, 0.05) is 11.8 Å². The van der Waals surface area contributed by atoms with Crippen LogP contribution in [0, 0.1) is 0 Å². The summed E-state index contributed by atoms with van der Waals surface area (Å²) < 4.78 is 5.24. The first-order valence-electron chi connectivity index (χ1n) is 4.01. The Morgan fingerprint density at radius 2 is 2.38 bits per heavy atom. The van der Waals surface area contributed by atoms with Gasteiger partial charge in [-0.3, -0.25) is 0 Å². The minimum absolute atomic E-state index is 0.575. The lowest BCUT2D eigenvalue weighted by Gasteiger charge is -2.05. The molecule has 0 heterocycles. The lowest BCUT2D eigenvalue weighted by molar-refractivity contribution is 0.259. The first kappa shape index (κ1) is 9.38. The van der Waals surface area contributed by atoms with Gasteiger partial charge in [0.1, 0.15) is 5.75 Å². The van der Waals surface area contributed by atoms with Crippen molar-refractivity contribution in [3.05, 3.63) is 24.3 Å². The average molecular weight is 180 g/mol. The van der Waals surface area contributed by atoms with E-state index in [1.165, 1.54) is 0 Å². The normalized spacial score (nSPS) is 9.31. The molecule has 0 saturated heterocycles. The highest BCUT2D eigenvalue weighted by Crippen LogP contribution is 2.16. The molecule has 0 saturated carbocycles. The van der Waals surface area contributed by atoms with E-state index >= 15 is 0 Å². The van der Waals surface area contributed by atoms with Gasteiger partial charge in [0.25, 0.3) is 0 Å². The quantitative estimate of drug-likeness (QED) is 0.741. The molecule has 0 radical (unpaired) electrons. The standard InChI is InChI=1S/C9H12N2O2/c1-2-13-8-5-3-4-7(6-8)11-9(10)12/h3-6H,2H2,1H3,(H3,10,11,12). The SMILES string of the molecule is CCOc1cccc(NC(N)=O)c1. The summed E-state index contributed by atoms with van der Waals surface area (Å²) >= 11 is 0. The van der Waals surface area contributed by atoms with Crippen molar-refractivity contribution in [1.82, 2.24) is 0 Å². The van der Waals surface area contributed by atoms with Gasteiger partial charge in [0.2, 0.25) is 0 Å². The van der Waals surface area contributed by atoms with Gasteiger partial charge in [-0.15, -0.1) is 0 Å². The van der Waals surface area contributed by atoms with E-state index in [-0.39, 0.29) is 0 Å². The highest BCUT2D eigenvalue weighted by molar-refractivity contribution is 5.87. The van der Waals surface area contributed by atoms with E-state index < -0.39 is 6.03 Å². The minimum Gasteiger partial charge on any atom is -0.494 e. The summed E-state index contributed by atoms with van der Waals surface area (Å²) in [6.45, 7) is 2.49. The Kier molecular flexibility index (Phi) is 3.14. The molecular weight excluding hydrogens is 168 g/mol. The summed E-state index contributed by atoms with van der Waals surface area (Å²) in [5.74, 6) is 0.716. The number of amides is 2. The van der Waals surface area contributed by atoms with Crippen molar-refractivity contribution in [1.29, 1.82) is 0 Å². The highest BCUT2D eigenvalue weighted by atomic mass is 16.5. The van der Waals surface area contributed by atoms with E-state index in [0.717, 1.165) is 0 Å². The van der Waals surface area contributed by atoms with Crippen LogP contribution < -0.4 is 15.8 Å². The maximum absolute atomic E-state index is 10.5. The van der Waals surface area contributed by atoms with Crippen LogP contribution in [0.15, 0.2) is 24.3 Å². The Bertz CT molecular complexity index is 299. The Morgan fingerprint density at radius 3 is 3.00 bits per heavy atom. The number of hydrogen-bond donors (Lipinski definition) is 2. The third-order valence-corrected chi connectivity index (χ3v) is 1.41. The molecule has 3 N–H and O–H groups in total. The van der Waals surface area contributed by atoms with E-state index in [1.807, 2.05) is 13.0 Å². The zero-order valence-corrected chi connectivity index (χ0v) is 7.41. The third-order valence-electron chi connectivity index (χ3n) is 1.41. The fraction of sp³-hybridized carbons (Fsp3) is 0.222. The van der Waals surface area contributed by atoms with E-state index in [9.17, 15) is 4.79 Å². The summed E-state index contributed by atoms with van der Waals surface area (Å²) in [5.41, 5.74) is 5.60. The molecule has 1 aromatic rings. The Hall–Kier alpha value is -1.71. The van der Waals surface area contributed by atoms with Crippen molar-refractivity contribution < 1.29 is 9.53 Å². The Balaban J connectivity index is 2.73. The Labute approximate surface area is 76.7 Å². The first-order chi connectivity index (χ1) is 6.22. The van der Waals surface area contributed by atoms with E-state index in [1.54, 1.807) is 18.2 Å². The minimum atomic E-state index is -0.575. The number of carbonyl (C=O) groups is 1. The van der Waals surface area contributed by atoms with Gasteiger partial charge in [-0.25, -0.2) is 4.79 Å². The maximum Gasteiger partial charge on any atom is 0.316 e. The number of rotatable bonds is 3. The molecule has 0 aliphatic rings. The third kappa shape index (κ3) is 3.02. The van der Waals surface area contributed by atoms with Gasteiger partial charge in [0.15, 0.2) is 0 Å². The molecule has 4 nitrogen and oxygen atoms in total. The molecule has 13 heavy (non-hydrogen) atoms. The van der Waals surface area contributed by atoms with Crippen molar-refractivity contribution in [2.24, 2.45) is 5.73 Å². The topological polar surface area (TPSA) is 64.3 Å². The summed E-state index contributed by atoms with van der Waals surface area (Å²) in [4.78, 5) is 10.5. The van der Waals surface area contributed by atoms with E-state index in [0.29, 0.717) is 18.0 Å². The van der Waals surface area contributed by atoms with Crippen LogP contribution in [0.4, 0.5) is 10.5 Å². The van der Waals surface area contributed by atoms with Crippen molar-refractivity contribution >= 4 is 11.7 Å². The van der Waals surface area contributed by atoms with Crippen molar-refractivity contribution in [3.8, 4) is 5.75 Å². The summed E-state index contributed by atoms with van der Waals surface area (Å²) in [7, 11) is 0. The number of urea groups is 1. The molecule has 0 atom stereocenters. The zero-order chi connectivity index (χ0) is 9.68. The summed E-state index contributed by atoms with van der Waals surface area (Å²) in [6.07, 6.45) is 0. The van der Waals surface area contributed by atoms with Gasteiger partial charge in [-0.1, -0.05) is 6.07 Å². The maximum atomic E-state index is 10.5. The number of anilines is 1. The molecule has 0 aromatic heterocycles. The van der Waals surface area contributed by atoms with Crippen LogP contribution in [0.25, 0.3) is 0 Å². The molecule has 0 unspecified atom stereocenters. The van der Waals surface area contributed by atoms with Gasteiger partial charge >= 0.3 is 6.03 Å². The molecule has 70 valence electrons. The van der Waals surface area contributed by atoms with Gasteiger partial charge in [0.05, 0.1) is 6.61 Å². The van der Waals surface area contributed by atoms with Crippen LogP contribution in [0.2, 0.25) is 0 Å². The Morgan fingerprint density at radius 1 is 1.62 bits per heavy atom. The van der Waals surface area contributed by atoms with Crippen molar-refractivity contribution in [2.75, 3.05) is 11.9 Å². The lowest BCUT2D eigenvalue weighted by Crippen LogP contribution is -2.19. The highest BCUT2D eigenvalue weighted by Gasteiger charge is 1.97. The summed E-state index contributed by atoms with van der Waals surface area (Å²) in [6, 6.07) is 6.49. The number of primary amides is 1. The number of nitrogens with one attached hydrogen (secondary N) is 1. The number of hydrogen-bond acceptors (Lipinski definition) is 2. The molecule has 0 fully saturated rings. The molecule has 0 aliphatic heterocycles. The predicted octanol–water partition coefficient (Wildman–Crippen LogP) is 1.58. The second kappa shape index (κ2) is 4.35. The lowest BCUT2D eigenvalue weighted by atomic mass is 10.3. The molecule has 0 spiro atoms. The van der Waals surface area contributed by atoms with E-state index in [4.69, 9.17) is 10.5 Å². The smallest absolute Gasteiger partial charge is 0.316 e. The van der Waals surface area contributed by atoms with Crippen LogP contribution in [0.5, 0.6) is 5.75 Å². The van der Waals surface area contributed by atoms with Crippen molar-refractivity contribution in [3.63, 3.8) is 0 Å². The second-order valence-electron chi connectivity index (χ2n) is 2.45. The van der Waals surface area contributed by atoms with Crippen LogP contribution in [-0.4, -0.2) is 12.6 Å². The fourth-order valence-corrected chi connectivity index (χ4v) is 0.973. The molecule has 1 aromatic carbocycles. The zero-order valence-electron chi connectivity index (χ0n) is 7.41. The number of nitrogens with two attached hydrogens (primary N) is 1. The molecule has 4 heteroatoms.